The molecule has 1 aliphatic rings. The Labute approximate surface area is 100 Å². The van der Waals surface area contributed by atoms with Gasteiger partial charge in [-0.3, -0.25) is 4.98 Å². The molecule has 0 saturated carbocycles. The largest absolute Gasteiger partial charge is 0.252 e. The fourth-order valence-electron chi connectivity index (χ4n) is 2.46. The van der Waals surface area contributed by atoms with Crippen LogP contribution in [0.1, 0.15) is 23.7 Å². The van der Waals surface area contributed by atoms with E-state index in [2.05, 4.69) is 39.0 Å². The molecule has 0 amide bonds. The standard InChI is InChI=1S/C14H15NS/c1-8-5-4-6-11-13(8)15-10(3)12-7-9(2)16-14(11)12/h4-6,9H,7H2,1-3H3. The second kappa shape index (κ2) is 3.49. The molecule has 0 fully saturated rings. The summed E-state index contributed by atoms with van der Waals surface area (Å²) < 4.78 is 0. The van der Waals surface area contributed by atoms with Crippen molar-refractivity contribution in [2.75, 3.05) is 0 Å². The van der Waals surface area contributed by atoms with Crippen LogP contribution < -0.4 is 0 Å². The van der Waals surface area contributed by atoms with Gasteiger partial charge in [0.25, 0.3) is 0 Å². The number of para-hydroxylation sites is 1. The second-order valence-electron chi connectivity index (χ2n) is 4.61. The predicted molar refractivity (Wildman–Crippen MR) is 70.2 cm³/mol. The zero-order chi connectivity index (χ0) is 11.3. The van der Waals surface area contributed by atoms with E-state index in [-0.39, 0.29) is 0 Å². The molecule has 16 heavy (non-hydrogen) atoms. The minimum absolute atomic E-state index is 0.696. The molecule has 2 heteroatoms. The first-order valence-electron chi connectivity index (χ1n) is 5.72. The predicted octanol–water partition coefficient (Wildman–Crippen LogP) is 3.89. The Morgan fingerprint density at radius 1 is 1.31 bits per heavy atom. The molecular formula is C14H15NS. The molecule has 1 aliphatic heterocycles. The first kappa shape index (κ1) is 10.2. The van der Waals surface area contributed by atoms with Gasteiger partial charge in [0.2, 0.25) is 0 Å². The fraction of sp³-hybridized carbons (Fsp3) is 0.357. The Morgan fingerprint density at radius 2 is 2.12 bits per heavy atom. The van der Waals surface area contributed by atoms with Crippen molar-refractivity contribution in [2.45, 2.75) is 37.3 Å². The van der Waals surface area contributed by atoms with E-state index in [0.717, 1.165) is 0 Å². The van der Waals surface area contributed by atoms with Crippen molar-refractivity contribution in [3.8, 4) is 0 Å². The average molecular weight is 229 g/mol. The van der Waals surface area contributed by atoms with Crippen molar-refractivity contribution in [3.63, 3.8) is 0 Å². The van der Waals surface area contributed by atoms with Crippen LogP contribution in [0, 0.1) is 13.8 Å². The van der Waals surface area contributed by atoms with Gasteiger partial charge in [-0.15, -0.1) is 11.8 Å². The molecule has 0 saturated heterocycles. The summed E-state index contributed by atoms with van der Waals surface area (Å²) in [4.78, 5) is 6.24. The summed E-state index contributed by atoms with van der Waals surface area (Å²) in [6.45, 7) is 6.58. The number of thioether (sulfide) groups is 1. The van der Waals surface area contributed by atoms with Gasteiger partial charge in [0.15, 0.2) is 0 Å². The van der Waals surface area contributed by atoms with Crippen LogP contribution in [0.5, 0.6) is 0 Å². The lowest BCUT2D eigenvalue weighted by atomic mass is 10.0. The lowest BCUT2D eigenvalue weighted by Crippen LogP contribution is -1.96. The molecule has 0 N–H and O–H groups in total. The van der Waals surface area contributed by atoms with Gasteiger partial charge in [-0.1, -0.05) is 25.1 Å². The summed E-state index contributed by atoms with van der Waals surface area (Å²) in [5.41, 5.74) is 5.15. The zero-order valence-electron chi connectivity index (χ0n) is 9.87. The number of pyridine rings is 1. The molecule has 82 valence electrons. The highest BCUT2D eigenvalue weighted by atomic mass is 32.2. The Hall–Kier alpha value is -1.02. The van der Waals surface area contributed by atoms with E-state index >= 15 is 0 Å². The number of aryl methyl sites for hydroxylation is 2. The summed E-state index contributed by atoms with van der Waals surface area (Å²) in [6, 6.07) is 6.49. The minimum atomic E-state index is 0.696. The van der Waals surface area contributed by atoms with Crippen LogP contribution >= 0.6 is 11.8 Å². The van der Waals surface area contributed by atoms with E-state index in [1.807, 2.05) is 11.8 Å². The number of nitrogens with zero attached hydrogens (tertiary/aromatic N) is 1. The van der Waals surface area contributed by atoms with Crippen molar-refractivity contribution in [1.82, 2.24) is 4.98 Å². The molecule has 1 aromatic heterocycles. The van der Waals surface area contributed by atoms with Crippen molar-refractivity contribution >= 4 is 22.7 Å². The molecule has 0 spiro atoms. The first-order valence-corrected chi connectivity index (χ1v) is 6.60. The van der Waals surface area contributed by atoms with Crippen LogP contribution in [0.4, 0.5) is 0 Å². The number of aromatic nitrogens is 1. The molecule has 3 rings (SSSR count). The summed E-state index contributed by atoms with van der Waals surface area (Å²) in [7, 11) is 0. The normalized spacial score (nSPS) is 19.1. The number of hydrogen-bond donors (Lipinski definition) is 0. The van der Waals surface area contributed by atoms with Gasteiger partial charge in [0.05, 0.1) is 5.52 Å². The minimum Gasteiger partial charge on any atom is -0.252 e. The van der Waals surface area contributed by atoms with Gasteiger partial charge in [-0.25, -0.2) is 0 Å². The molecule has 0 bridgehead atoms. The molecule has 0 aliphatic carbocycles. The molecule has 1 atom stereocenters. The number of rotatable bonds is 0. The van der Waals surface area contributed by atoms with Gasteiger partial charge in [0, 0.05) is 21.2 Å². The van der Waals surface area contributed by atoms with Crippen molar-refractivity contribution in [2.24, 2.45) is 0 Å². The number of benzene rings is 1. The maximum absolute atomic E-state index is 4.77. The summed E-state index contributed by atoms with van der Waals surface area (Å²) in [6.07, 6.45) is 1.17. The molecular weight excluding hydrogens is 214 g/mol. The Bertz CT molecular complexity index is 574. The number of fused-ring (bicyclic) bond motifs is 3. The summed E-state index contributed by atoms with van der Waals surface area (Å²) in [5.74, 6) is 0. The lowest BCUT2D eigenvalue weighted by molar-refractivity contribution is 0.936. The van der Waals surface area contributed by atoms with Crippen LogP contribution in [-0.4, -0.2) is 10.2 Å². The molecule has 1 unspecified atom stereocenters. The fourth-order valence-corrected chi connectivity index (χ4v) is 3.78. The van der Waals surface area contributed by atoms with Gasteiger partial charge < -0.3 is 0 Å². The van der Waals surface area contributed by atoms with Crippen molar-refractivity contribution < 1.29 is 0 Å². The van der Waals surface area contributed by atoms with E-state index in [4.69, 9.17) is 4.98 Å². The van der Waals surface area contributed by atoms with E-state index in [1.165, 1.54) is 39.0 Å². The van der Waals surface area contributed by atoms with Crippen LogP contribution in [0.3, 0.4) is 0 Å². The zero-order valence-corrected chi connectivity index (χ0v) is 10.7. The van der Waals surface area contributed by atoms with Crippen LogP contribution in [0.2, 0.25) is 0 Å². The Balaban J connectivity index is 2.41. The topological polar surface area (TPSA) is 12.9 Å². The summed E-state index contributed by atoms with van der Waals surface area (Å²) >= 11 is 2.00. The highest BCUT2D eigenvalue weighted by Crippen LogP contribution is 2.42. The molecule has 2 aromatic rings. The van der Waals surface area contributed by atoms with Gasteiger partial charge in [-0.2, -0.15) is 0 Å². The van der Waals surface area contributed by atoms with E-state index in [0.29, 0.717) is 5.25 Å². The summed E-state index contributed by atoms with van der Waals surface area (Å²) in [5, 5.41) is 2.04. The number of hydrogen-bond acceptors (Lipinski definition) is 2. The highest BCUT2D eigenvalue weighted by Gasteiger charge is 2.23. The average Bonchev–Trinajstić information content (AvgIpc) is 2.63. The monoisotopic (exact) mass is 229 g/mol. The lowest BCUT2D eigenvalue weighted by Gasteiger charge is -2.08. The maximum atomic E-state index is 4.77. The molecule has 2 heterocycles. The van der Waals surface area contributed by atoms with Crippen molar-refractivity contribution in [3.05, 3.63) is 35.0 Å². The molecule has 1 nitrogen and oxygen atoms in total. The van der Waals surface area contributed by atoms with Crippen molar-refractivity contribution in [1.29, 1.82) is 0 Å². The molecule has 1 aromatic carbocycles. The smallest absolute Gasteiger partial charge is 0.0745 e. The maximum Gasteiger partial charge on any atom is 0.0745 e. The van der Waals surface area contributed by atoms with E-state index in [1.54, 1.807) is 0 Å². The first-order chi connectivity index (χ1) is 7.66. The van der Waals surface area contributed by atoms with Crippen LogP contribution in [-0.2, 0) is 6.42 Å². The van der Waals surface area contributed by atoms with Crippen LogP contribution in [0.15, 0.2) is 23.1 Å². The van der Waals surface area contributed by atoms with Gasteiger partial charge in [-0.05, 0) is 31.4 Å². The third-order valence-corrected chi connectivity index (χ3v) is 4.55. The third kappa shape index (κ3) is 1.36. The van der Waals surface area contributed by atoms with E-state index < -0.39 is 0 Å². The van der Waals surface area contributed by atoms with Gasteiger partial charge in [0.1, 0.15) is 0 Å². The van der Waals surface area contributed by atoms with Gasteiger partial charge >= 0.3 is 0 Å². The SMILES string of the molecule is Cc1nc2c(C)cccc2c2c1CC(C)S2. The highest BCUT2D eigenvalue weighted by molar-refractivity contribution is 8.00. The molecule has 0 radical (unpaired) electrons. The second-order valence-corrected chi connectivity index (χ2v) is 6.06. The third-order valence-electron chi connectivity index (χ3n) is 3.28. The Kier molecular flexibility index (Phi) is 2.21. The van der Waals surface area contributed by atoms with Crippen LogP contribution in [0.25, 0.3) is 10.9 Å². The van der Waals surface area contributed by atoms with E-state index in [9.17, 15) is 0 Å². The quantitative estimate of drug-likeness (QED) is 0.679. The Morgan fingerprint density at radius 3 is 2.94 bits per heavy atom.